The summed E-state index contributed by atoms with van der Waals surface area (Å²) in [6.07, 6.45) is 2.11. The normalized spacial score (nSPS) is 16.3. The number of carbonyl (C=O) groups excluding carboxylic acids is 1. The molecule has 0 spiro atoms. The van der Waals surface area contributed by atoms with Crippen molar-refractivity contribution >= 4 is 34.3 Å². The minimum absolute atomic E-state index is 0.203. The molecular weight excluding hydrogens is 412 g/mol. The second kappa shape index (κ2) is 7.30. The van der Waals surface area contributed by atoms with E-state index in [0.29, 0.717) is 17.9 Å². The van der Waals surface area contributed by atoms with E-state index in [1.165, 1.54) is 16.3 Å². The summed E-state index contributed by atoms with van der Waals surface area (Å²) in [4.78, 5) is 26.9. The molecule has 0 fully saturated rings. The number of rotatable bonds is 5. The van der Waals surface area contributed by atoms with Gasteiger partial charge in [0.15, 0.2) is 0 Å². The number of hydrazone groups is 1. The third-order valence-electron chi connectivity index (χ3n) is 4.47. The lowest BCUT2D eigenvalue weighted by molar-refractivity contribution is -0.133. The molecule has 5 heterocycles. The van der Waals surface area contributed by atoms with Gasteiger partial charge in [0.25, 0.3) is 11.8 Å². The van der Waals surface area contributed by atoms with Gasteiger partial charge in [-0.2, -0.15) is 9.78 Å². The topological polar surface area (TPSA) is 93.8 Å². The number of hydrogen-bond donors (Lipinski definition) is 0. The van der Waals surface area contributed by atoms with E-state index in [-0.39, 0.29) is 24.4 Å². The average Bonchev–Trinajstić information content (AvgIpc) is 3.53. The molecule has 29 heavy (non-hydrogen) atoms. The van der Waals surface area contributed by atoms with Crippen LogP contribution in [0.3, 0.4) is 0 Å². The van der Waals surface area contributed by atoms with Crippen molar-refractivity contribution in [3.8, 4) is 10.8 Å². The second-order valence-electron chi connectivity index (χ2n) is 6.31. The van der Waals surface area contributed by atoms with Crippen LogP contribution in [0.15, 0.2) is 72.2 Å². The molecule has 0 aliphatic carbocycles. The van der Waals surface area contributed by atoms with Crippen LogP contribution in [0, 0.1) is 0 Å². The van der Waals surface area contributed by atoms with Gasteiger partial charge in [0, 0.05) is 11.3 Å². The number of aromatic nitrogens is 2. The van der Waals surface area contributed by atoms with Gasteiger partial charge < -0.3 is 8.83 Å². The molecular formula is C19H14N4O4S2. The molecule has 0 unspecified atom stereocenters. The maximum Gasteiger partial charge on any atom is 0.437 e. The monoisotopic (exact) mass is 426 g/mol. The van der Waals surface area contributed by atoms with E-state index in [1.54, 1.807) is 29.7 Å². The molecule has 146 valence electrons. The van der Waals surface area contributed by atoms with E-state index in [0.717, 1.165) is 14.4 Å². The first-order chi connectivity index (χ1) is 14.2. The number of furan rings is 1. The fourth-order valence-corrected chi connectivity index (χ4v) is 4.60. The smallest absolute Gasteiger partial charge is 0.437 e. The SMILES string of the molecule is O=C(Cn1nc(-c2cccs2)oc1=O)N1N=C(c2ccco2)C[C@H]1c1cccs1. The number of amides is 1. The molecule has 4 aromatic rings. The summed E-state index contributed by atoms with van der Waals surface area (Å²) in [5.74, 6) is -0.198. The molecule has 1 aliphatic rings. The Morgan fingerprint density at radius 1 is 1.17 bits per heavy atom. The molecule has 10 heteroatoms. The number of thiophene rings is 2. The van der Waals surface area contributed by atoms with Crippen LogP contribution in [0.1, 0.15) is 23.1 Å². The maximum atomic E-state index is 13.0. The van der Waals surface area contributed by atoms with Crippen LogP contribution in [0.5, 0.6) is 0 Å². The Labute approximate surface area is 172 Å². The van der Waals surface area contributed by atoms with Gasteiger partial charge in [-0.05, 0) is 35.0 Å². The molecule has 4 aromatic heterocycles. The van der Waals surface area contributed by atoms with Crippen LogP contribution >= 0.6 is 22.7 Å². The summed E-state index contributed by atoms with van der Waals surface area (Å²) in [7, 11) is 0. The zero-order chi connectivity index (χ0) is 19.8. The highest BCUT2D eigenvalue weighted by atomic mass is 32.1. The first kappa shape index (κ1) is 17.8. The first-order valence-electron chi connectivity index (χ1n) is 8.77. The summed E-state index contributed by atoms with van der Waals surface area (Å²) in [5.41, 5.74) is 0.688. The van der Waals surface area contributed by atoms with Gasteiger partial charge in [-0.3, -0.25) is 4.79 Å². The molecule has 1 amide bonds. The van der Waals surface area contributed by atoms with E-state index in [4.69, 9.17) is 8.83 Å². The lowest BCUT2D eigenvalue weighted by Gasteiger charge is -2.20. The molecule has 0 saturated heterocycles. The van der Waals surface area contributed by atoms with Crippen LogP contribution < -0.4 is 5.76 Å². The van der Waals surface area contributed by atoms with E-state index < -0.39 is 5.76 Å². The Morgan fingerprint density at radius 2 is 2.03 bits per heavy atom. The van der Waals surface area contributed by atoms with E-state index in [2.05, 4.69) is 10.2 Å². The summed E-state index contributed by atoms with van der Waals surface area (Å²) < 4.78 is 11.7. The zero-order valence-electron chi connectivity index (χ0n) is 14.9. The standard InChI is InChI=1S/C19H14N4O4S2/c24-17(11-22-19(25)27-18(21-22)16-6-3-9-29-16)23-13(15-5-2-8-28-15)10-12(20-23)14-4-1-7-26-14/h1-9,13H,10-11H2/t13-/m0/s1. The Bertz CT molecular complexity index is 1200. The van der Waals surface area contributed by atoms with Gasteiger partial charge in [-0.15, -0.1) is 27.8 Å². The highest BCUT2D eigenvalue weighted by molar-refractivity contribution is 7.13. The predicted octanol–water partition coefficient (Wildman–Crippen LogP) is 3.60. The van der Waals surface area contributed by atoms with Crippen LogP contribution in [0.2, 0.25) is 0 Å². The van der Waals surface area contributed by atoms with Crippen molar-refractivity contribution in [3.63, 3.8) is 0 Å². The highest BCUT2D eigenvalue weighted by Gasteiger charge is 2.35. The lowest BCUT2D eigenvalue weighted by atomic mass is 10.1. The molecule has 1 atom stereocenters. The van der Waals surface area contributed by atoms with Gasteiger partial charge in [0.05, 0.1) is 17.2 Å². The van der Waals surface area contributed by atoms with Crippen molar-refractivity contribution in [1.82, 2.24) is 14.8 Å². The van der Waals surface area contributed by atoms with E-state index in [9.17, 15) is 9.59 Å². The molecule has 0 N–H and O–H groups in total. The molecule has 5 rings (SSSR count). The Morgan fingerprint density at radius 3 is 2.76 bits per heavy atom. The second-order valence-corrected chi connectivity index (χ2v) is 8.23. The van der Waals surface area contributed by atoms with Crippen molar-refractivity contribution in [2.45, 2.75) is 19.0 Å². The Balaban J connectivity index is 1.43. The van der Waals surface area contributed by atoms with Crippen LogP contribution in [-0.4, -0.2) is 26.4 Å². The minimum Gasteiger partial charge on any atom is -0.463 e. The summed E-state index contributed by atoms with van der Waals surface area (Å²) in [6, 6.07) is 10.9. The zero-order valence-corrected chi connectivity index (χ0v) is 16.6. The largest absolute Gasteiger partial charge is 0.463 e. The fourth-order valence-electron chi connectivity index (χ4n) is 3.14. The molecule has 0 radical (unpaired) electrons. The van der Waals surface area contributed by atoms with Crippen LogP contribution in [0.4, 0.5) is 0 Å². The average molecular weight is 426 g/mol. The lowest BCUT2D eigenvalue weighted by Crippen LogP contribution is -2.33. The maximum absolute atomic E-state index is 13.0. The van der Waals surface area contributed by atoms with Gasteiger partial charge in [0.1, 0.15) is 18.0 Å². The van der Waals surface area contributed by atoms with Crippen molar-refractivity contribution in [3.05, 3.63) is 74.6 Å². The molecule has 8 nitrogen and oxygen atoms in total. The molecule has 0 aromatic carbocycles. The quantitative estimate of drug-likeness (QED) is 0.486. The summed E-state index contributed by atoms with van der Waals surface area (Å²) >= 11 is 2.96. The predicted molar refractivity (Wildman–Crippen MR) is 108 cm³/mol. The Hall–Kier alpha value is -3.24. The molecule has 1 aliphatic heterocycles. The summed E-state index contributed by atoms with van der Waals surface area (Å²) in [5, 5.41) is 13.9. The summed E-state index contributed by atoms with van der Waals surface area (Å²) in [6.45, 7) is -0.259. The van der Waals surface area contributed by atoms with Gasteiger partial charge >= 0.3 is 5.76 Å². The molecule has 0 saturated carbocycles. The number of hydrogen-bond acceptors (Lipinski definition) is 8. The number of carbonyl (C=O) groups is 1. The minimum atomic E-state index is -0.677. The van der Waals surface area contributed by atoms with Crippen molar-refractivity contribution in [2.75, 3.05) is 0 Å². The third kappa shape index (κ3) is 3.36. The van der Waals surface area contributed by atoms with Crippen molar-refractivity contribution < 1.29 is 13.6 Å². The van der Waals surface area contributed by atoms with Gasteiger partial charge in [-0.1, -0.05) is 12.1 Å². The number of nitrogens with zero attached hydrogens (tertiary/aromatic N) is 4. The first-order valence-corrected chi connectivity index (χ1v) is 10.5. The van der Waals surface area contributed by atoms with E-state index >= 15 is 0 Å². The third-order valence-corrected chi connectivity index (χ3v) is 6.30. The van der Waals surface area contributed by atoms with Crippen molar-refractivity contribution in [1.29, 1.82) is 0 Å². The highest BCUT2D eigenvalue weighted by Crippen LogP contribution is 2.35. The van der Waals surface area contributed by atoms with Gasteiger partial charge in [0.2, 0.25) is 0 Å². The molecule has 0 bridgehead atoms. The Kier molecular flexibility index (Phi) is 4.49. The van der Waals surface area contributed by atoms with Crippen LogP contribution in [0.25, 0.3) is 10.8 Å². The van der Waals surface area contributed by atoms with Gasteiger partial charge in [-0.25, -0.2) is 9.80 Å². The van der Waals surface area contributed by atoms with Crippen LogP contribution in [-0.2, 0) is 11.3 Å². The van der Waals surface area contributed by atoms with E-state index in [1.807, 2.05) is 35.0 Å². The van der Waals surface area contributed by atoms with Crippen molar-refractivity contribution in [2.24, 2.45) is 5.10 Å². The fraction of sp³-hybridized carbons (Fsp3) is 0.158.